The number of nitrogens with two attached hydrogens (primary N) is 1. The molecular weight excluding hydrogens is 492 g/mol. The number of aromatic nitrogens is 4. The number of likely N-dealkylation sites (tertiary alicyclic amines) is 2. The van der Waals surface area contributed by atoms with Gasteiger partial charge in [-0.25, -0.2) is 14.8 Å². The third-order valence-corrected chi connectivity index (χ3v) is 8.37. The Balaban J connectivity index is 0.00000320. The van der Waals surface area contributed by atoms with Gasteiger partial charge >= 0.3 is 5.97 Å². The largest absolute Gasteiger partial charge is 0.476 e. The van der Waals surface area contributed by atoms with Gasteiger partial charge in [0.1, 0.15) is 0 Å². The van der Waals surface area contributed by atoms with Gasteiger partial charge in [-0.1, -0.05) is 0 Å². The molecule has 0 saturated carbocycles. The number of nitrogens with one attached hydrogen (secondary N) is 1. The number of carboxylic acids is 1. The van der Waals surface area contributed by atoms with E-state index in [-0.39, 0.29) is 23.9 Å². The van der Waals surface area contributed by atoms with Gasteiger partial charge < -0.3 is 26.0 Å². The van der Waals surface area contributed by atoms with Crippen molar-refractivity contribution in [2.24, 2.45) is 11.8 Å². The molecule has 0 radical (unpaired) electrons. The Hall–Kier alpha value is -2.27. The summed E-state index contributed by atoms with van der Waals surface area (Å²) in [6, 6.07) is 0.354. The number of rotatable bonds is 8. The zero-order valence-electron chi connectivity index (χ0n) is 21.6. The van der Waals surface area contributed by atoms with Gasteiger partial charge in [0.05, 0.1) is 24.1 Å². The molecule has 204 valence electrons. The lowest BCUT2D eigenvalue weighted by atomic mass is 9.92. The van der Waals surface area contributed by atoms with Crippen molar-refractivity contribution in [3.05, 3.63) is 24.3 Å². The van der Waals surface area contributed by atoms with Crippen LogP contribution >= 0.6 is 12.4 Å². The van der Waals surface area contributed by atoms with E-state index < -0.39 is 5.97 Å². The summed E-state index contributed by atoms with van der Waals surface area (Å²) < 4.78 is 2.01. The average molecular weight is 533 g/mol. The zero-order chi connectivity index (χ0) is 24.9. The van der Waals surface area contributed by atoms with Crippen molar-refractivity contribution in [3.8, 4) is 11.3 Å². The molecular formula is C26H41ClN8O2. The third kappa shape index (κ3) is 7.19. The number of nitrogens with zero attached hydrogens (tertiary/aromatic N) is 6. The van der Waals surface area contributed by atoms with Crippen LogP contribution in [0.4, 0.5) is 5.82 Å². The summed E-state index contributed by atoms with van der Waals surface area (Å²) >= 11 is 0. The van der Waals surface area contributed by atoms with E-state index in [9.17, 15) is 9.90 Å². The van der Waals surface area contributed by atoms with Gasteiger partial charge in [0, 0.05) is 31.4 Å². The van der Waals surface area contributed by atoms with Crippen LogP contribution in [-0.2, 0) is 0 Å². The Morgan fingerprint density at radius 1 is 1.00 bits per heavy atom. The van der Waals surface area contributed by atoms with Gasteiger partial charge in [-0.2, -0.15) is 5.10 Å². The predicted octanol–water partition coefficient (Wildman–Crippen LogP) is 2.78. The van der Waals surface area contributed by atoms with Crippen molar-refractivity contribution in [2.75, 3.05) is 58.1 Å². The molecule has 10 nitrogen and oxygen atoms in total. The Bertz CT molecular complexity index is 1010. The molecule has 5 rings (SSSR count). The van der Waals surface area contributed by atoms with E-state index in [1.165, 1.54) is 77.6 Å². The molecule has 0 atom stereocenters. The number of aromatic carboxylic acids is 1. The quantitative estimate of drug-likeness (QED) is 0.470. The van der Waals surface area contributed by atoms with Gasteiger partial charge in [-0.3, -0.25) is 4.68 Å². The number of hydrogen-bond donors (Lipinski definition) is 3. The van der Waals surface area contributed by atoms with Crippen molar-refractivity contribution < 1.29 is 9.90 Å². The SMILES string of the molecule is Cl.Nc1ncc(-c2cnn(C3CCN(CC4CCN(CCC5CCNCC5)CC4)CC3)c2)nc1C(=O)O. The Labute approximate surface area is 225 Å². The van der Waals surface area contributed by atoms with Crippen LogP contribution in [0.25, 0.3) is 11.3 Å². The third-order valence-electron chi connectivity index (χ3n) is 8.37. The second kappa shape index (κ2) is 13.0. The lowest BCUT2D eigenvalue weighted by Crippen LogP contribution is -2.42. The maximum atomic E-state index is 11.3. The number of hydrogen-bond acceptors (Lipinski definition) is 8. The van der Waals surface area contributed by atoms with Crippen molar-refractivity contribution in [1.29, 1.82) is 0 Å². The molecule has 5 heterocycles. The first-order chi connectivity index (χ1) is 17.5. The van der Waals surface area contributed by atoms with Gasteiger partial charge in [0.25, 0.3) is 0 Å². The van der Waals surface area contributed by atoms with Crippen molar-refractivity contribution in [3.63, 3.8) is 0 Å². The van der Waals surface area contributed by atoms with Crippen LogP contribution in [-0.4, -0.2) is 93.0 Å². The molecule has 3 aliphatic heterocycles. The fourth-order valence-electron chi connectivity index (χ4n) is 6.02. The van der Waals surface area contributed by atoms with E-state index in [4.69, 9.17) is 5.73 Å². The number of piperidine rings is 3. The maximum Gasteiger partial charge on any atom is 0.358 e. The lowest BCUT2D eigenvalue weighted by Gasteiger charge is -2.38. The van der Waals surface area contributed by atoms with Crippen LogP contribution in [0.1, 0.15) is 61.5 Å². The summed E-state index contributed by atoms with van der Waals surface area (Å²) in [5.41, 5.74) is 6.66. The maximum absolute atomic E-state index is 11.3. The first-order valence-electron chi connectivity index (χ1n) is 13.6. The molecule has 37 heavy (non-hydrogen) atoms. The Morgan fingerprint density at radius 2 is 1.70 bits per heavy atom. The summed E-state index contributed by atoms with van der Waals surface area (Å²) in [6.45, 7) is 9.64. The zero-order valence-corrected chi connectivity index (χ0v) is 22.4. The molecule has 3 fully saturated rings. The number of halogens is 1. The average Bonchev–Trinajstić information content (AvgIpc) is 3.40. The predicted molar refractivity (Wildman–Crippen MR) is 146 cm³/mol. The summed E-state index contributed by atoms with van der Waals surface area (Å²) in [5, 5.41) is 17.3. The van der Waals surface area contributed by atoms with Crippen molar-refractivity contribution in [2.45, 2.75) is 51.0 Å². The highest BCUT2D eigenvalue weighted by Gasteiger charge is 2.26. The summed E-state index contributed by atoms with van der Waals surface area (Å²) in [4.78, 5) is 24.8. The van der Waals surface area contributed by atoms with Gasteiger partial charge in [-0.05, 0) is 89.5 Å². The first-order valence-corrected chi connectivity index (χ1v) is 13.6. The van der Waals surface area contributed by atoms with Crippen LogP contribution < -0.4 is 11.1 Å². The van der Waals surface area contributed by atoms with Gasteiger partial charge in [0.15, 0.2) is 11.5 Å². The lowest BCUT2D eigenvalue weighted by molar-refractivity contribution is 0.0691. The van der Waals surface area contributed by atoms with E-state index >= 15 is 0 Å². The highest BCUT2D eigenvalue weighted by molar-refractivity contribution is 5.90. The van der Waals surface area contributed by atoms with Crippen molar-refractivity contribution in [1.82, 2.24) is 34.9 Å². The first kappa shape index (κ1) is 27.8. The molecule has 2 aromatic heterocycles. The molecule has 0 aromatic carbocycles. The molecule has 3 saturated heterocycles. The van der Waals surface area contributed by atoms with Crippen LogP contribution in [0.5, 0.6) is 0 Å². The van der Waals surface area contributed by atoms with E-state index in [1.54, 1.807) is 6.20 Å². The summed E-state index contributed by atoms with van der Waals surface area (Å²) in [7, 11) is 0. The fourth-order valence-corrected chi connectivity index (χ4v) is 6.02. The van der Waals surface area contributed by atoms with E-state index in [2.05, 4.69) is 30.2 Å². The standard InChI is InChI=1S/C26H40N8O2.ClH/c27-25-24(26(35)36)31-23(16-29-25)21-15-30-34(18-21)22-6-13-33(14-7-22)17-20-4-11-32(12-5-20)10-3-19-1-8-28-9-2-19;/h15-16,18-20,22,28H,1-14,17H2,(H2,27,29)(H,35,36);1H. The minimum atomic E-state index is -1.18. The smallest absolute Gasteiger partial charge is 0.358 e. The molecule has 3 aliphatic rings. The van der Waals surface area contributed by atoms with Crippen molar-refractivity contribution >= 4 is 24.2 Å². The number of anilines is 1. The normalized spacial score (nSPS) is 21.1. The van der Waals surface area contributed by atoms with Crippen LogP contribution in [0, 0.1) is 11.8 Å². The van der Waals surface area contributed by atoms with Crippen LogP contribution in [0.15, 0.2) is 18.6 Å². The highest BCUT2D eigenvalue weighted by atomic mass is 35.5. The minimum Gasteiger partial charge on any atom is -0.476 e. The molecule has 2 aromatic rings. The number of nitrogen functional groups attached to an aromatic ring is 1. The number of carboxylic acid groups (broad SMARTS) is 1. The fraction of sp³-hybridized carbons (Fsp3) is 0.692. The Morgan fingerprint density at radius 3 is 2.41 bits per heavy atom. The highest BCUT2D eigenvalue weighted by Crippen LogP contribution is 2.27. The molecule has 0 bridgehead atoms. The molecule has 0 spiro atoms. The van der Waals surface area contributed by atoms with E-state index in [0.29, 0.717) is 11.7 Å². The summed E-state index contributed by atoms with van der Waals surface area (Å²) in [5.74, 6) is 0.497. The minimum absolute atomic E-state index is 0. The van der Waals surface area contributed by atoms with Crippen LogP contribution in [0.3, 0.4) is 0 Å². The second-order valence-electron chi connectivity index (χ2n) is 10.8. The van der Waals surface area contributed by atoms with Gasteiger partial charge in [-0.15, -0.1) is 12.4 Å². The molecule has 0 unspecified atom stereocenters. The van der Waals surface area contributed by atoms with E-state index in [0.717, 1.165) is 43.3 Å². The molecule has 0 aliphatic carbocycles. The molecule has 0 amide bonds. The van der Waals surface area contributed by atoms with Gasteiger partial charge in [0.2, 0.25) is 0 Å². The second-order valence-corrected chi connectivity index (χ2v) is 10.8. The van der Waals surface area contributed by atoms with Crippen LogP contribution in [0.2, 0.25) is 0 Å². The topological polar surface area (TPSA) is 125 Å². The van der Waals surface area contributed by atoms with E-state index in [1.807, 2.05) is 10.9 Å². The monoisotopic (exact) mass is 532 g/mol. The molecule has 4 N–H and O–H groups in total. The Kier molecular flexibility index (Phi) is 9.75. The number of carbonyl (C=O) groups is 1. The molecule has 11 heteroatoms. The summed E-state index contributed by atoms with van der Waals surface area (Å²) in [6.07, 6.45) is 14.1.